The third-order valence-corrected chi connectivity index (χ3v) is 2.98. The van der Waals surface area contributed by atoms with E-state index in [2.05, 4.69) is 21.7 Å². The van der Waals surface area contributed by atoms with Gasteiger partial charge in [0.15, 0.2) is 0 Å². The first-order chi connectivity index (χ1) is 5.45. The maximum Gasteiger partial charge on any atom is 0.00221 e. The number of rotatable bonds is 3. The molecule has 1 aliphatic heterocycles. The Kier molecular flexibility index (Phi) is 2.24. The van der Waals surface area contributed by atoms with Gasteiger partial charge in [-0.25, -0.2) is 0 Å². The highest BCUT2D eigenvalue weighted by atomic mass is 32.1. The van der Waals surface area contributed by atoms with Crippen LogP contribution in [0.3, 0.4) is 0 Å². The van der Waals surface area contributed by atoms with Gasteiger partial charge in [-0.15, -0.1) is 0 Å². The van der Waals surface area contributed by atoms with Crippen molar-refractivity contribution in [2.24, 2.45) is 0 Å². The van der Waals surface area contributed by atoms with Crippen LogP contribution in [0.25, 0.3) is 0 Å². The van der Waals surface area contributed by atoms with Gasteiger partial charge in [0.2, 0.25) is 0 Å². The molecular formula is C9H13NS. The van der Waals surface area contributed by atoms with Crippen molar-refractivity contribution >= 4 is 11.3 Å². The van der Waals surface area contributed by atoms with Crippen molar-refractivity contribution in [2.75, 3.05) is 19.6 Å². The molecule has 1 fully saturated rings. The van der Waals surface area contributed by atoms with Crippen LogP contribution < -0.4 is 0 Å². The fraction of sp³-hybridized carbons (Fsp3) is 0.556. The zero-order chi connectivity index (χ0) is 7.52. The smallest absolute Gasteiger partial charge is 0.00221 e. The predicted octanol–water partition coefficient (Wildman–Crippen LogP) is 2.00. The van der Waals surface area contributed by atoms with Crippen LogP contribution in [0.1, 0.15) is 12.0 Å². The summed E-state index contributed by atoms with van der Waals surface area (Å²) >= 11 is 1.80. The molecule has 0 amide bonds. The minimum absolute atomic E-state index is 1.24. The fourth-order valence-corrected chi connectivity index (χ4v) is 2.03. The van der Waals surface area contributed by atoms with E-state index >= 15 is 0 Å². The van der Waals surface area contributed by atoms with Crippen molar-refractivity contribution in [3.63, 3.8) is 0 Å². The van der Waals surface area contributed by atoms with E-state index in [0.717, 1.165) is 0 Å². The van der Waals surface area contributed by atoms with Crippen molar-refractivity contribution in [2.45, 2.75) is 12.8 Å². The van der Waals surface area contributed by atoms with E-state index in [0.29, 0.717) is 0 Å². The standard InChI is InChI=1S/C9H13NS/c1-4-10(5-1)6-2-9-3-7-11-8-9/h3,7-8H,1-2,4-6H2. The normalized spacial score (nSPS) is 18.2. The minimum Gasteiger partial charge on any atom is -0.303 e. The van der Waals surface area contributed by atoms with Crippen LogP contribution in [0.15, 0.2) is 16.8 Å². The quantitative estimate of drug-likeness (QED) is 0.665. The second kappa shape index (κ2) is 3.37. The summed E-state index contributed by atoms with van der Waals surface area (Å²) in [7, 11) is 0. The lowest BCUT2D eigenvalue weighted by Crippen LogP contribution is -2.38. The molecule has 0 aliphatic carbocycles. The average Bonchev–Trinajstić information content (AvgIpc) is 2.36. The lowest BCUT2D eigenvalue weighted by atomic mass is 10.2. The first-order valence-electron chi connectivity index (χ1n) is 4.18. The average molecular weight is 167 g/mol. The lowest BCUT2D eigenvalue weighted by molar-refractivity contribution is 0.184. The van der Waals surface area contributed by atoms with Crippen LogP contribution >= 0.6 is 11.3 Å². The summed E-state index contributed by atoms with van der Waals surface area (Å²) in [5, 5.41) is 4.41. The number of likely N-dealkylation sites (tertiary alicyclic amines) is 1. The molecule has 0 atom stereocenters. The molecule has 11 heavy (non-hydrogen) atoms. The highest BCUT2D eigenvalue weighted by Gasteiger charge is 2.12. The number of thiophene rings is 1. The largest absolute Gasteiger partial charge is 0.303 e. The van der Waals surface area contributed by atoms with E-state index in [1.165, 1.54) is 38.0 Å². The van der Waals surface area contributed by atoms with E-state index in [-0.39, 0.29) is 0 Å². The first-order valence-corrected chi connectivity index (χ1v) is 5.13. The third-order valence-electron chi connectivity index (χ3n) is 2.25. The number of hydrogen-bond donors (Lipinski definition) is 0. The molecule has 0 bridgehead atoms. The molecule has 60 valence electrons. The van der Waals surface area contributed by atoms with Crippen LogP contribution in [0.2, 0.25) is 0 Å². The Morgan fingerprint density at radius 3 is 2.91 bits per heavy atom. The Bertz CT molecular complexity index is 201. The highest BCUT2D eigenvalue weighted by molar-refractivity contribution is 7.07. The summed E-state index contributed by atoms with van der Waals surface area (Å²) < 4.78 is 0. The molecule has 1 aromatic heterocycles. The van der Waals surface area contributed by atoms with Crippen LogP contribution in [-0.4, -0.2) is 24.5 Å². The maximum atomic E-state index is 2.51. The first kappa shape index (κ1) is 7.32. The van der Waals surface area contributed by atoms with Gasteiger partial charge in [0.25, 0.3) is 0 Å². The zero-order valence-electron chi connectivity index (χ0n) is 6.62. The van der Waals surface area contributed by atoms with Gasteiger partial charge in [0.05, 0.1) is 0 Å². The molecule has 0 N–H and O–H groups in total. The summed E-state index contributed by atoms with van der Waals surface area (Å²) in [6.45, 7) is 3.91. The van der Waals surface area contributed by atoms with Crippen molar-refractivity contribution in [1.82, 2.24) is 4.90 Å². The Hall–Kier alpha value is -0.340. The van der Waals surface area contributed by atoms with E-state index in [1.807, 2.05) is 0 Å². The molecule has 1 aliphatic rings. The van der Waals surface area contributed by atoms with Gasteiger partial charge in [-0.05, 0) is 48.3 Å². The van der Waals surface area contributed by atoms with Crippen LogP contribution in [-0.2, 0) is 6.42 Å². The summed E-state index contributed by atoms with van der Waals surface area (Å²) in [6, 6.07) is 2.23. The molecule has 0 aromatic carbocycles. The molecule has 2 rings (SSSR count). The molecular weight excluding hydrogens is 154 g/mol. The van der Waals surface area contributed by atoms with Gasteiger partial charge in [-0.1, -0.05) is 0 Å². The monoisotopic (exact) mass is 167 g/mol. The van der Waals surface area contributed by atoms with E-state index < -0.39 is 0 Å². The van der Waals surface area contributed by atoms with Crippen molar-refractivity contribution in [3.8, 4) is 0 Å². The Morgan fingerprint density at radius 1 is 1.45 bits per heavy atom. The summed E-state index contributed by atoms with van der Waals surface area (Å²) in [4.78, 5) is 2.51. The Morgan fingerprint density at radius 2 is 2.36 bits per heavy atom. The summed E-state index contributed by atoms with van der Waals surface area (Å²) in [6.07, 6.45) is 2.65. The minimum atomic E-state index is 1.24. The van der Waals surface area contributed by atoms with E-state index in [9.17, 15) is 0 Å². The SMILES string of the molecule is c1cc(CCN2CCC2)cs1. The van der Waals surface area contributed by atoms with Crippen molar-refractivity contribution < 1.29 is 0 Å². The van der Waals surface area contributed by atoms with E-state index in [4.69, 9.17) is 0 Å². The maximum absolute atomic E-state index is 2.51. The van der Waals surface area contributed by atoms with Gasteiger partial charge < -0.3 is 4.90 Å². The van der Waals surface area contributed by atoms with Crippen LogP contribution in [0.5, 0.6) is 0 Å². The summed E-state index contributed by atoms with van der Waals surface area (Å²) in [5.74, 6) is 0. The third kappa shape index (κ3) is 1.82. The molecule has 0 unspecified atom stereocenters. The van der Waals surface area contributed by atoms with Gasteiger partial charge in [-0.2, -0.15) is 11.3 Å². The molecule has 2 heteroatoms. The highest BCUT2D eigenvalue weighted by Crippen LogP contribution is 2.10. The van der Waals surface area contributed by atoms with Gasteiger partial charge >= 0.3 is 0 Å². The Balaban J connectivity index is 1.74. The van der Waals surface area contributed by atoms with Crippen molar-refractivity contribution in [1.29, 1.82) is 0 Å². The molecule has 2 heterocycles. The van der Waals surface area contributed by atoms with Gasteiger partial charge in [0.1, 0.15) is 0 Å². The number of nitrogens with zero attached hydrogens (tertiary/aromatic N) is 1. The molecule has 0 radical (unpaired) electrons. The second-order valence-electron chi connectivity index (χ2n) is 3.08. The predicted molar refractivity (Wildman–Crippen MR) is 49.1 cm³/mol. The van der Waals surface area contributed by atoms with E-state index in [1.54, 1.807) is 11.3 Å². The van der Waals surface area contributed by atoms with Crippen molar-refractivity contribution in [3.05, 3.63) is 22.4 Å². The molecule has 1 nitrogen and oxygen atoms in total. The van der Waals surface area contributed by atoms with Crippen LogP contribution in [0, 0.1) is 0 Å². The van der Waals surface area contributed by atoms with Gasteiger partial charge in [0, 0.05) is 6.54 Å². The second-order valence-corrected chi connectivity index (χ2v) is 3.86. The summed E-state index contributed by atoms with van der Waals surface area (Å²) in [5.41, 5.74) is 1.50. The van der Waals surface area contributed by atoms with Crippen LogP contribution in [0.4, 0.5) is 0 Å². The Labute approximate surface area is 71.7 Å². The molecule has 0 saturated carbocycles. The topological polar surface area (TPSA) is 3.24 Å². The molecule has 1 saturated heterocycles. The molecule has 0 spiro atoms. The van der Waals surface area contributed by atoms with Gasteiger partial charge in [-0.3, -0.25) is 0 Å². The fourth-order valence-electron chi connectivity index (χ4n) is 1.33. The molecule has 1 aromatic rings. The number of hydrogen-bond acceptors (Lipinski definition) is 2. The lowest BCUT2D eigenvalue weighted by Gasteiger charge is -2.30. The zero-order valence-corrected chi connectivity index (χ0v) is 7.44.